The van der Waals surface area contributed by atoms with E-state index in [-0.39, 0.29) is 17.9 Å². The lowest BCUT2D eigenvalue weighted by Gasteiger charge is -2.13. The van der Waals surface area contributed by atoms with Crippen molar-refractivity contribution in [3.05, 3.63) is 57.6 Å². The van der Waals surface area contributed by atoms with Crippen LogP contribution in [0.1, 0.15) is 40.3 Å². The van der Waals surface area contributed by atoms with Crippen LogP contribution in [0.5, 0.6) is 11.5 Å². The fourth-order valence-corrected chi connectivity index (χ4v) is 4.34. The van der Waals surface area contributed by atoms with E-state index >= 15 is 0 Å². The normalized spacial score (nSPS) is 5.69. The maximum absolute atomic E-state index is 11.1. The molecular formula is C76H18O2. The molecule has 2 heteroatoms. The van der Waals surface area contributed by atoms with Crippen LogP contribution >= 0.6 is 0 Å². The average Bonchev–Trinajstić information content (AvgIpc) is 3.46. The SMILES string of the molecule is C#CC#CC#CC#CC#CC#CC#CC#CC#CC#CC#CC#CC#CC#CC#Cc1cc(C)c(O)c(Cc2cc(C#CC#CC#CC#CC#CC#CC#CC#CC#CC#CC#CC#CC#CC#CC#C)cc(CC)c2O)c1. The van der Waals surface area contributed by atoms with Gasteiger partial charge in [0.15, 0.2) is 0 Å². The smallest absolute Gasteiger partial charge is 0.122 e. The first-order valence-corrected chi connectivity index (χ1v) is 21.1. The molecule has 0 aliphatic rings. The molecule has 0 fully saturated rings. The molecule has 2 aromatic carbocycles. The van der Waals surface area contributed by atoms with Crippen molar-refractivity contribution in [2.45, 2.75) is 26.7 Å². The minimum Gasteiger partial charge on any atom is -0.507 e. The van der Waals surface area contributed by atoms with Crippen molar-refractivity contribution in [2.24, 2.45) is 0 Å². The van der Waals surface area contributed by atoms with E-state index in [9.17, 15) is 10.2 Å². The third-order valence-electron chi connectivity index (χ3n) is 7.22. The van der Waals surface area contributed by atoms with Crippen LogP contribution in [0.2, 0.25) is 0 Å². The monoisotopic (exact) mass is 962 g/mol. The summed E-state index contributed by atoms with van der Waals surface area (Å²) in [6.07, 6.45) is 10.7. The van der Waals surface area contributed by atoms with Gasteiger partial charge < -0.3 is 10.2 Å². The molecule has 0 aliphatic heterocycles. The molecule has 2 aromatic rings. The Labute approximate surface area is 459 Å². The highest BCUT2D eigenvalue weighted by Crippen LogP contribution is 2.32. The van der Waals surface area contributed by atoms with Crippen LogP contribution in [0.4, 0.5) is 0 Å². The Morgan fingerprint density at radius 2 is 0.462 bits per heavy atom. The highest BCUT2D eigenvalue weighted by Gasteiger charge is 2.13. The number of benzene rings is 2. The molecule has 0 heterocycles. The Morgan fingerprint density at radius 3 is 0.692 bits per heavy atom. The van der Waals surface area contributed by atoms with Gasteiger partial charge in [0, 0.05) is 160 Å². The van der Waals surface area contributed by atoms with Crippen LogP contribution in [0, 0.1) is 363 Å². The molecule has 0 aliphatic carbocycles. The molecule has 2 nitrogen and oxygen atoms in total. The lowest BCUT2D eigenvalue weighted by atomic mass is 9.94. The Hall–Kier alpha value is -15.2. The van der Waals surface area contributed by atoms with Crippen molar-refractivity contribution < 1.29 is 10.2 Å². The van der Waals surface area contributed by atoms with Crippen LogP contribution in [-0.2, 0) is 12.8 Å². The number of terminal acetylenes is 2. The van der Waals surface area contributed by atoms with Gasteiger partial charge in [-0.3, -0.25) is 0 Å². The van der Waals surface area contributed by atoms with Crippen LogP contribution in [0.15, 0.2) is 24.3 Å². The topological polar surface area (TPSA) is 40.5 Å². The summed E-state index contributed by atoms with van der Waals surface area (Å²) in [7, 11) is 0. The van der Waals surface area contributed by atoms with Gasteiger partial charge in [-0.15, -0.1) is 12.8 Å². The second kappa shape index (κ2) is 43.1. The summed E-state index contributed by atoms with van der Waals surface area (Å²) in [5.74, 6) is 146. The number of hydrogen-bond acceptors (Lipinski definition) is 2. The van der Waals surface area contributed by atoms with Crippen molar-refractivity contribution in [1.82, 2.24) is 0 Å². The second-order valence-electron chi connectivity index (χ2n) is 12.3. The molecule has 0 unspecified atom stereocenters. The zero-order valence-corrected chi connectivity index (χ0v) is 40.8. The fraction of sp³-hybridized carbons (Fsp3) is 0.0526. The van der Waals surface area contributed by atoms with Crippen LogP contribution in [0.25, 0.3) is 0 Å². The average molecular weight is 963 g/mol. The molecule has 78 heavy (non-hydrogen) atoms. The van der Waals surface area contributed by atoms with E-state index in [2.05, 4.69) is 343 Å². The van der Waals surface area contributed by atoms with E-state index in [1.807, 2.05) is 6.92 Å². The first-order chi connectivity index (χ1) is 38.5. The molecule has 0 amide bonds. The molecule has 0 saturated carbocycles. The van der Waals surface area contributed by atoms with Gasteiger partial charge in [0.05, 0.1) is 0 Å². The van der Waals surface area contributed by atoms with Gasteiger partial charge in [-0.05, 0) is 249 Å². The maximum atomic E-state index is 11.1. The standard InChI is InChI=1S/C76H18O2/c1-5-8-10-12-14-16-18-20-22-24-26-28-30-32-34-36-38-40-42-44-46-48-50-52-54-56-58-60-62-70-64-69(4)75(77)73(66-70)68-74-67-71(65-72(7-3)76(74)78)63-61-59-57-55-53-51-49-47-45-43-41-39-37-35-33-31-29-27-25-23-21-19-17-15-13-11-9-6-2/h1-2,64-67,77-78H,7,68H2,3-4H3. The minimum atomic E-state index is 0.0806. The second-order valence-corrected chi connectivity index (χ2v) is 12.3. The summed E-state index contributed by atoms with van der Waals surface area (Å²) in [4.78, 5) is 0. The largest absolute Gasteiger partial charge is 0.507 e. The Morgan fingerprint density at radius 1 is 0.269 bits per heavy atom. The van der Waals surface area contributed by atoms with Crippen molar-refractivity contribution in [1.29, 1.82) is 0 Å². The Bertz CT molecular complexity index is 4910. The summed E-state index contributed by atoms with van der Waals surface area (Å²) >= 11 is 0. The van der Waals surface area contributed by atoms with Gasteiger partial charge in [0.25, 0.3) is 0 Å². The minimum absolute atomic E-state index is 0.0806. The van der Waals surface area contributed by atoms with Crippen molar-refractivity contribution in [2.75, 3.05) is 0 Å². The van der Waals surface area contributed by atoms with Gasteiger partial charge in [-0.2, -0.15) is 0 Å². The van der Waals surface area contributed by atoms with Crippen molar-refractivity contribution in [3.8, 4) is 368 Å². The first kappa shape index (κ1) is 59.0. The van der Waals surface area contributed by atoms with Gasteiger partial charge in [0.1, 0.15) is 11.5 Å². The number of phenols is 2. The summed E-state index contributed by atoms with van der Waals surface area (Å²) in [6.45, 7) is 3.67. The molecule has 2 rings (SSSR count). The summed E-state index contributed by atoms with van der Waals surface area (Å²) < 4.78 is 0. The quantitative estimate of drug-likeness (QED) is 0.463. The summed E-state index contributed by atoms with van der Waals surface area (Å²) in [6, 6.07) is 7.00. The third-order valence-corrected chi connectivity index (χ3v) is 7.22. The Kier molecular flexibility index (Phi) is 32.6. The maximum Gasteiger partial charge on any atom is 0.122 e. The lowest BCUT2D eigenvalue weighted by molar-refractivity contribution is 0.457. The summed E-state index contributed by atoms with van der Waals surface area (Å²) in [5, 5.41) is 22.0. The van der Waals surface area contributed by atoms with Gasteiger partial charge in [0.2, 0.25) is 0 Å². The number of aryl methyl sites for hydroxylation is 2. The van der Waals surface area contributed by atoms with Gasteiger partial charge >= 0.3 is 0 Å². The lowest BCUT2D eigenvalue weighted by Crippen LogP contribution is -1.97. The van der Waals surface area contributed by atoms with Crippen LogP contribution in [0.3, 0.4) is 0 Å². The molecule has 334 valence electrons. The van der Waals surface area contributed by atoms with Crippen molar-refractivity contribution in [3.63, 3.8) is 0 Å². The van der Waals surface area contributed by atoms with Crippen molar-refractivity contribution >= 4 is 0 Å². The molecule has 2 N–H and O–H groups in total. The van der Waals surface area contributed by atoms with Crippen LogP contribution in [-0.4, -0.2) is 10.2 Å². The number of phenolic OH excluding ortho intramolecular Hbond substituents is 2. The number of rotatable bonds is 3. The third kappa shape index (κ3) is 31.7. The van der Waals surface area contributed by atoms with E-state index in [4.69, 9.17) is 12.8 Å². The van der Waals surface area contributed by atoms with E-state index in [0.29, 0.717) is 39.8 Å². The zero-order chi connectivity index (χ0) is 55.9. The van der Waals surface area contributed by atoms with E-state index < -0.39 is 0 Å². The van der Waals surface area contributed by atoms with Gasteiger partial charge in [-0.1, -0.05) is 18.8 Å². The molecule has 0 aromatic heterocycles. The molecule has 0 spiro atoms. The predicted octanol–water partition coefficient (Wildman–Crippen LogP) is 3.62. The molecular weight excluding hydrogens is 945 g/mol. The zero-order valence-electron chi connectivity index (χ0n) is 40.8. The number of hydrogen-bond donors (Lipinski definition) is 2. The fourth-order valence-electron chi connectivity index (χ4n) is 4.34. The van der Waals surface area contributed by atoms with E-state index in [1.165, 1.54) is 0 Å². The molecule has 0 radical (unpaired) electrons. The van der Waals surface area contributed by atoms with Crippen LogP contribution < -0.4 is 0 Å². The van der Waals surface area contributed by atoms with E-state index in [0.717, 1.165) is 0 Å². The first-order valence-electron chi connectivity index (χ1n) is 21.1. The number of aromatic hydroxyl groups is 2. The molecule has 0 atom stereocenters. The molecule has 0 bridgehead atoms. The molecule has 0 saturated heterocycles. The Balaban J connectivity index is 1.97. The highest BCUT2D eigenvalue weighted by atomic mass is 16.3. The predicted molar refractivity (Wildman–Crippen MR) is 307 cm³/mol. The van der Waals surface area contributed by atoms with Gasteiger partial charge in [-0.25, -0.2) is 0 Å². The summed E-state index contributed by atoms with van der Waals surface area (Å²) in [5.41, 5.74) is 3.64. The van der Waals surface area contributed by atoms with E-state index in [1.54, 1.807) is 31.2 Å². The highest BCUT2D eigenvalue weighted by molar-refractivity contribution is 5.58.